The molecule has 0 spiro atoms. The van der Waals surface area contributed by atoms with Crippen molar-refractivity contribution in [1.82, 2.24) is 5.32 Å². The van der Waals surface area contributed by atoms with Gasteiger partial charge in [0, 0.05) is 17.9 Å². The number of nitrogens with one attached hydrogen (secondary N) is 1. The molecule has 0 saturated carbocycles. The second kappa shape index (κ2) is 8.33. The number of rotatable bonds is 7. The van der Waals surface area contributed by atoms with Crippen LogP contribution in [0, 0.1) is 10.1 Å². The minimum Gasteiger partial charge on any atom is -0.349 e. The first-order valence-corrected chi connectivity index (χ1v) is 8.37. The van der Waals surface area contributed by atoms with Crippen LogP contribution in [0.15, 0.2) is 54.6 Å². The second-order valence-electron chi connectivity index (χ2n) is 5.12. The lowest BCUT2D eigenvalue weighted by atomic mass is 10.1. The Morgan fingerprint density at radius 1 is 1.17 bits per heavy atom. The normalized spacial score (nSPS) is 11.7. The van der Waals surface area contributed by atoms with Crippen molar-refractivity contribution in [2.24, 2.45) is 0 Å². The number of carbonyl (C=O) groups is 1. The number of non-ortho nitro benzene ring substituents is 1. The topological polar surface area (TPSA) is 72.2 Å². The van der Waals surface area contributed by atoms with Gasteiger partial charge in [-0.2, -0.15) is 0 Å². The summed E-state index contributed by atoms with van der Waals surface area (Å²) in [6, 6.07) is 16.2. The minimum atomic E-state index is -0.421. The zero-order chi connectivity index (χ0) is 16.7. The zero-order valence-electron chi connectivity index (χ0n) is 12.8. The van der Waals surface area contributed by atoms with Gasteiger partial charge in [-0.15, -0.1) is 11.8 Å². The van der Waals surface area contributed by atoms with Crippen LogP contribution in [-0.2, 0) is 10.5 Å². The van der Waals surface area contributed by atoms with E-state index in [0.29, 0.717) is 11.5 Å². The Balaban J connectivity index is 1.75. The van der Waals surface area contributed by atoms with Crippen molar-refractivity contribution in [3.8, 4) is 0 Å². The van der Waals surface area contributed by atoms with Crippen LogP contribution in [0.1, 0.15) is 24.1 Å². The van der Waals surface area contributed by atoms with E-state index in [4.69, 9.17) is 0 Å². The summed E-state index contributed by atoms with van der Waals surface area (Å²) in [6.07, 6.45) is 0. The summed E-state index contributed by atoms with van der Waals surface area (Å²) in [7, 11) is 0. The fourth-order valence-corrected chi connectivity index (χ4v) is 2.88. The van der Waals surface area contributed by atoms with Crippen LogP contribution >= 0.6 is 11.8 Å². The second-order valence-corrected chi connectivity index (χ2v) is 6.10. The number of thioether (sulfide) groups is 1. The molecule has 0 saturated heterocycles. The highest BCUT2D eigenvalue weighted by Gasteiger charge is 2.09. The largest absolute Gasteiger partial charge is 0.349 e. The van der Waals surface area contributed by atoms with Crippen LogP contribution in [0.4, 0.5) is 5.69 Å². The molecule has 0 aliphatic heterocycles. The van der Waals surface area contributed by atoms with Crippen LogP contribution in [0.3, 0.4) is 0 Å². The van der Waals surface area contributed by atoms with Gasteiger partial charge in [0.25, 0.3) is 5.69 Å². The smallest absolute Gasteiger partial charge is 0.269 e. The maximum Gasteiger partial charge on any atom is 0.269 e. The molecule has 0 aromatic heterocycles. The standard InChI is InChI=1S/C17H18N2O3S/c1-13(15-5-3-2-4-6-15)18-17(20)12-23-11-14-7-9-16(10-8-14)19(21)22/h2-10,13H,11-12H2,1H3,(H,18,20)/t13-/m0/s1. The molecular formula is C17H18N2O3S. The molecule has 2 aromatic carbocycles. The van der Waals surface area contributed by atoms with E-state index in [1.165, 1.54) is 23.9 Å². The van der Waals surface area contributed by atoms with Gasteiger partial charge in [0.15, 0.2) is 0 Å². The third kappa shape index (κ3) is 5.41. The molecule has 0 aliphatic rings. The SMILES string of the molecule is C[C@H](NC(=O)CSCc1ccc([N+](=O)[O-])cc1)c1ccccc1. The fourth-order valence-electron chi connectivity index (χ4n) is 2.08. The summed E-state index contributed by atoms with van der Waals surface area (Å²) in [5, 5.41) is 13.5. The number of benzene rings is 2. The number of carbonyl (C=O) groups excluding carboxylic acids is 1. The quantitative estimate of drug-likeness (QED) is 0.620. The number of nitrogens with zero attached hydrogens (tertiary/aromatic N) is 1. The molecule has 120 valence electrons. The van der Waals surface area contributed by atoms with Gasteiger partial charge in [-0.05, 0) is 18.1 Å². The van der Waals surface area contributed by atoms with E-state index in [2.05, 4.69) is 5.32 Å². The molecule has 0 radical (unpaired) electrons. The number of nitro benzene ring substituents is 1. The van der Waals surface area contributed by atoms with Crippen LogP contribution < -0.4 is 5.32 Å². The first kappa shape index (κ1) is 17.0. The van der Waals surface area contributed by atoms with E-state index in [1.807, 2.05) is 37.3 Å². The summed E-state index contributed by atoms with van der Waals surface area (Å²) in [5.41, 5.74) is 2.11. The van der Waals surface area contributed by atoms with E-state index in [0.717, 1.165) is 11.1 Å². The molecular weight excluding hydrogens is 312 g/mol. The summed E-state index contributed by atoms with van der Waals surface area (Å²) in [5.74, 6) is 0.979. The van der Waals surface area contributed by atoms with Gasteiger partial charge in [-0.3, -0.25) is 14.9 Å². The van der Waals surface area contributed by atoms with Gasteiger partial charge in [0.05, 0.1) is 16.7 Å². The Morgan fingerprint density at radius 2 is 1.83 bits per heavy atom. The molecule has 1 amide bonds. The molecule has 0 unspecified atom stereocenters. The molecule has 1 N–H and O–H groups in total. The van der Waals surface area contributed by atoms with E-state index in [9.17, 15) is 14.9 Å². The maximum absolute atomic E-state index is 11.9. The Kier molecular flexibility index (Phi) is 6.17. The van der Waals surface area contributed by atoms with Crippen molar-refractivity contribution >= 4 is 23.4 Å². The van der Waals surface area contributed by atoms with Crippen LogP contribution in [-0.4, -0.2) is 16.6 Å². The highest BCUT2D eigenvalue weighted by molar-refractivity contribution is 7.99. The molecule has 2 rings (SSSR count). The highest BCUT2D eigenvalue weighted by Crippen LogP contribution is 2.17. The van der Waals surface area contributed by atoms with Crippen LogP contribution in [0.5, 0.6) is 0 Å². The summed E-state index contributed by atoms with van der Waals surface area (Å²) >= 11 is 1.48. The predicted octanol–water partition coefficient (Wildman–Crippen LogP) is 3.71. The van der Waals surface area contributed by atoms with Gasteiger partial charge < -0.3 is 5.32 Å². The average molecular weight is 330 g/mol. The van der Waals surface area contributed by atoms with Gasteiger partial charge in [-0.1, -0.05) is 42.5 Å². The van der Waals surface area contributed by atoms with Crippen LogP contribution in [0.25, 0.3) is 0 Å². The third-order valence-corrected chi connectivity index (χ3v) is 4.33. The summed E-state index contributed by atoms with van der Waals surface area (Å²) in [4.78, 5) is 22.1. The highest BCUT2D eigenvalue weighted by atomic mass is 32.2. The first-order chi connectivity index (χ1) is 11.1. The maximum atomic E-state index is 11.9. The molecule has 0 heterocycles. The Morgan fingerprint density at radius 3 is 2.43 bits per heavy atom. The third-order valence-electron chi connectivity index (χ3n) is 3.33. The van der Waals surface area contributed by atoms with Gasteiger partial charge in [0.1, 0.15) is 0 Å². The van der Waals surface area contributed by atoms with Crippen molar-refractivity contribution in [2.75, 3.05) is 5.75 Å². The minimum absolute atomic E-state index is 0.0201. The average Bonchev–Trinajstić information content (AvgIpc) is 2.56. The van der Waals surface area contributed by atoms with E-state index < -0.39 is 4.92 Å². The van der Waals surface area contributed by atoms with E-state index in [1.54, 1.807) is 12.1 Å². The molecule has 0 aliphatic carbocycles. The number of hydrogen-bond donors (Lipinski definition) is 1. The molecule has 0 fully saturated rings. The lowest BCUT2D eigenvalue weighted by Crippen LogP contribution is -2.28. The van der Waals surface area contributed by atoms with E-state index in [-0.39, 0.29) is 17.6 Å². The Labute approximate surface area is 139 Å². The molecule has 6 heteroatoms. The van der Waals surface area contributed by atoms with Crippen molar-refractivity contribution in [2.45, 2.75) is 18.7 Å². The number of nitro groups is 1. The lowest BCUT2D eigenvalue weighted by molar-refractivity contribution is -0.384. The molecule has 5 nitrogen and oxygen atoms in total. The fraction of sp³-hybridized carbons (Fsp3) is 0.235. The Hall–Kier alpha value is -2.34. The first-order valence-electron chi connectivity index (χ1n) is 7.21. The van der Waals surface area contributed by atoms with E-state index >= 15 is 0 Å². The number of amides is 1. The van der Waals surface area contributed by atoms with Crippen LogP contribution in [0.2, 0.25) is 0 Å². The predicted molar refractivity (Wildman–Crippen MR) is 92.3 cm³/mol. The molecule has 23 heavy (non-hydrogen) atoms. The summed E-state index contributed by atoms with van der Waals surface area (Å²) in [6.45, 7) is 1.95. The monoisotopic (exact) mass is 330 g/mol. The van der Waals surface area contributed by atoms with Crippen molar-refractivity contribution < 1.29 is 9.72 Å². The Bertz CT molecular complexity index is 659. The van der Waals surface area contributed by atoms with Gasteiger partial charge in [0.2, 0.25) is 5.91 Å². The van der Waals surface area contributed by atoms with Crippen molar-refractivity contribution in [3.63, 3.8) is 0 Å². The van der Waals surface area contributed by atoms with Gasteiger partial charge in [-0.25, -0.2) is 0 Å². The molecule has 1 atom stereocenters. The molecule has 2 aromatic rings. The van der Waals surface area contributed by atoms with Gasteiger partial charge >= 0.3 is 0 Å². The lowest BCUT2D eigenvalue weighted by Gasteiger charge is -2.14. The van der Waals surface area contributed by atoms with Crippen molar-refractivity contribution in [1.29, 1.82) is 0 Å². The summed E-state index contributed by atoms with van der Waals surface area (Å²) < 4.78 is 0. The zero-order valence-corrected chi connectivity index (χ0v) is 13.6. The van der Waals surface area contributed by atoms with Crippen molar-refractivity contribution in [3.05, 3.63) is 75.8 Å². The molecule has 0 bridgehead atoms. The number of hydrogen-bond acceptors (Lipinski definition) is 4.